The fourth-order valence-corrected chi connectivity index (χ4v) is 2.16. The average molecular weight is 237 g/mol. The largest absolute Gasteiger partial charge is 0.308 e. The molecule has 0 aliphatic heterocycles. The normalized spacial score (nSPS) is 10.9. The maximum atomic E-state index is 3.93. The van der Waals surface area contributed by atoms with Gasteiger partial charge in [-0.2, -0.15) is 5.10 Å². The van der Waals surface area contributed by atoms with E-state index in [1.54, 1.807) is 0 Å². The lowest BCUT2D eigenvalue weighted by Gasteiger charge is -2.07. The van der Waals surface area contributed by atoms with Crippen molar-refractivity contribution in [1.82, 2.24) is 15.5 Å². The molecule has 0 radical (unpaired) electrons. The van der Waals surface area contributed by atoms with Crippen LogP contribution < -0.4 is 5.32 Å². The molecule has 2 N–H and O–H groups in total. The Hall–Kier alpha value is -2.13. The third-order valence-corrected chi connectivity index (χ3v) is 3.08. The molecule has 3 heteroatoms. The summed E-state index contributed by atoms with van der Waals surface area (Å²) in [5, 5.41) is 12.8. The van der Waals surface area contributed by atoms with E-state index >= 15 is 0 Å². The molecule has 0 aliphatic rings. The Bertz CT molecular complexity index is 624. The molecule has 0 amide bonds. The van der Waals surface area contributed by atoms with Crippen LogP contribution in [0, 0.1) is 0 Å². The zero-order valence-corrected chi connectivity index (χ0v) is 10.1. The van der Waals surface area contributed by atoms with Crippen molar-refractivity contribution in [3.63, 3.8) is 0 Å². The minimum atomic E-state index is 0.833. The Morgan fingerprint density at radius 3 is 2.78 bits per heavy atom. The molecular weight excluding hydrogens is 222 g/mol. The van der Waals surface area contributed by atoms with Gasteiger partial charge >= 0.3 is 0 Å². The second kappa shape index (κ2) is 5.02. The number of aromatic nitrogens is 2. The molecule has 18 heavy (non-hydrogen) atoms. The molecule has 0 aliphatic carbocycles. The average Bonchev–Trinajstić information content (AvgIpc) is 2.92. The van der Waals surface area contributed by atoms with E-state index in [1.807, 2.05) is 12.4 Å². The molecule has 0 atom stereocenters. The Labute approximate surface area is 106 Å². The van der Waals surface area contributed by atoms with E-state index in [0.717, 1.165) is 13.1 Å². The van der Waals surface area contributed by atoms with Crippen LogP contribution in [0.1, 0.15) is 11.1 Å². The number of hydrogen-bond donors (Lipinski definition) is 2. The van der Waals surface area contributed by atoms with Crippen molar-refractivity contribution in [2.24, 2.45) is 0 Å². The second-order valence-electron chi connectivity index (χ2n) is 4.35. The lowest BCUT2D eigenvalue weighted by Crippen LogP contribution is -2.12. The molecule has 3 aromatic rings. The number of hydrogen-bond acceptors (Lipinski definition) is 2. The quantitative estimate of drug-likeness (QED) is 0.732. The van der Waals surface area contributed by atoms with Gasteiger partial charge in [-0.05, 0) is 16.3 Å². The maximum Gasteiger partial charge on any atom is 0.0532 e. The smallest absolute Gasteiger partial charge is 0.0532 e. The minimum absolute atomic E-state index is 0.833. The minimum Gasteiger partial charge on any atom is -0.308 e. The Kier molecular flexibility index (Phi) is 3.07. The van der Waals surface area contributed by atoms with Gasteiger partial charge in [0, 0.05) is 24.8 Å². The molecule has 0 saturated carbocycles. The van der Waals surface area contributed by atoms with Crippen LogP contribution >= 0.6 is 0 Å². The Morgan fingerprint density at radius 2 is 1.89 bits per heavy atom. The first-order valence-corrected chi connectivity index (χ1v) is 6.08. The van der Waals surface area contributed by atoms with Crippen molar-refractivity contribution >= 4 is 10.8 Å². The van der Waals surface area contributed by atoms with Gasteiger partial charge in [-0.15, -0.1) is 0 Å². The number of nitrogens with one attached hydrogen (secondary N) is 2. The summed E-state index contributed by atoms with van der Waals surface area (Å²) in [6, 6.07) is 14.9. The first kappa shape index (κ1) is 11.0. The second-order valence-corrected chi connectivity index (χ2v) is 4.35. The Morgan fingerprint density at radius 1 is 1.00 bits per heavy atom. The summed E-state index contributed by atoms with van der Waals surface area (Å²) in [5.74, 6) is 0. The molecule has 3 rings (SSSR count). The van der Waals surface area contributed by atoms with Gasteiger partial charge in [-0.25, -0.2) is 0 Å². The fourth-order valence-electron chi connectivity index (χ4n) is 2.16. The molecular formula is C15H15N3. The van der Waals surface area contributed by atoms with Gasteiger partial charge in [0.2, 0.25) is 0 Å². The molecule has 0 fully saturated rings. The summed E-state index contributed by atoms with van der Waals surface area (Å²) in [4.78, 5) is 0. The van der Waals surface area contributed by atoms with Gasteiger partial charge in [0.25, 0.3) is 0 Å². The molecule has 1 aromatic heterocycles. The van der Waals surface area contributed by atoms with E-state index in [1.165, 1.54) is 21.9 Å². The number of aromatic amines is 1. The van der Waals surface area contributed by atoms with Gasteiger partial charge in [0.15, 0.2) is 0 Å². The highest BCUT2D eigenvalue weighted by molar-refractivity contribution is 5.85. The standard InChI is InChI=1S/C15H15N3/c1-2-7-15-13(4-1)5-3-6-14(15)11-16-8-12-9-17-18-10-12/h1-7,9-10,16H,8,11H2,(H,17,18). The number of nitrogens with zero attached hydrogens (tertiary/aromatic N) is 1. The highest BCUT2D eigenvalue weighted by atomic mass is 15.1. The van der Waals surface area contributed by atoms with Crippen LogP contribution in [0.4, 0.5) is 0 Å². The van der Waals surface area contributed by atoms with Crippen molar-refractivity contribution in [1.29, 1.82) is 0 Å². The van der Waals surface area contributed by atoms with Crippen LogP contribution in [-0.4, -0.2) is 10.2 Å². The van der Waals surface area contributed by atoms with E-state index in [-0.39, 0.29) is 0 Å². The molecule has 0 saturated heterocycles. The van der Waals surface area contributed by atoms with E-state index in [9.17, 15) is 0 Å². The monoisotopic (exact) mass is 237 g/mol. The van der Waals surface area contributed by atoms with Crippen LogP contribution in [0.2, 0.25) is 0 Å². The van der Waals surface area contributed by atoms with Gasteiger partial charge in [-0.3, -0.25) is 5.10 Å². The zero-order chi connectivity index (χ0) is 12.2. The number of H-pyrrole nitrogens is 1. The molecule has 3 nitrogen and oxygen atoms in total. The topological polar surface area (TPSA) is 40.7 Å². The number of rotatable bonds is 4. The lowest BCUT2D eigenvalue weighted by atomic mass is 10.0. The molecule has 0 unspecified atom stereocenters. The van der Waals surface area contributed by atoms with Crippen LogP contribution in [0.5, 0.6) is 0 Å². The van der Waals surface area contributed by atoms with Crippen LogP contribution in [0.15, 0.2) is 54.9 Å². The van der Waals surface area contributed by atoms with Crippen LogP contribution in [0.25, 0.3) is 10.8 Å². The summed E-state index contributed by atoms with van der Waals surface area (Å²) >= 11 is 0. The number of benzene rings is 2. The first-order chi connectivity index (χ1) is 8.93. The fraction of sp³-hybridized carbons (Fsp3) is 0.133. The van der Waals surface area contributed by atoms with E-state index < -0.39 is 0 Å². The molecule has 1 heterocycles. The first-order valence-electron chi connectivity index (χ1n) is 6.08. The van der Waals surface area contributed by atoms with Crippen molar-refractivity contribution in [3.05, 3.63) is 66.0 Å². The maximum absolute atomic E-state index is 3.93. The summed E-state index contributed by atoms with van der Waals surface area (Å²) in [5.41, 5.74) is 2.51. The highest BCUT2D eigenvalue weighted by Gasteiger charge is 2.00. The van der Waals surface area contributed by atoms with Crippen molar-refractivity contribution in [2.75, 3.05) is 0 Å². The van der Waals surface area contributed by atoms with Gasteiger partial charge < -0.3 is 5.32 Å². The predicted octanol–water partition coefficient (Wildman–Crippen LogP) is 2.85. The molecule has 2 aromatic carbocycles. The van der Waals surface area contributed by atoms with E-state index in [2.05, 4.69) is 58.0 Å². The van der Waals surface area contributed by atoms with E-state index in [0.29, 0.717) is 0 Å². The molecule has 0 spiro atoms. The summed E-state index contributed by atoms with van der Waals surface area (Å²) in [6.07, 6.45) is 3.76. The van der Waals surface area contributed by atoms with Crippen LogP contribution in [-0.2, 0) is 13.1 Å². The molecule has 90 valence electrons. The van der Waals surface area contributed by atoms with Crippen molar-refractivity contribution in [3.8, 4) is 0 Å². The SMILES string of the molecule is c1ccc2c(CNCc3cn[nH]c3)cccc2c1. The van der Waals surface area contributed by atoms with Gasteiger partial charge in [-0.1, -0.05) is 42.5 Å². The number of fused-ring (bicyclic) bond motifs is 1. The van der Waals surface area contributed by atoms with E-state index in [4.69, 9.17) is 0 Å². The molecule has 0 bridgehead atoms. The summed E-state index contributed by atoms with van der Waals surface area (Å²) < 4.78 is 0. The van der Waals surface area contributed by atoms with Gasteiger partial charge in [0.1, 0.15) is 0 Å². The third kappa shape index (κ3) is 2.26. The lowest BCUT2D eigenvalue weighted by molar-refractivity contribution is 0.697. The van der Waals surface area contributed by atoms with Crippen molar-refractivity contribution < 1.29 is 0 Å². The highest BCUT2D eigenvalue weighted by Crippen LogP contribution is 2.18. The van der Waals surface area contributed by atoms with Crippen molar-refractivity contribution in [2.45, 2.75) is 13.1 Å². The zero-order valence-electron chi connectivity index (χ0n) is 10.1. The third-order valence-electron chi connectivity index (χ3n) is 3.08. The summed E-state index contributed by atoms with van der Waals surface area (Å²) in [7, 11) is 0. The predicted molar refractivity (Wildman–Crippen MR) is 73.1 cm³/mol. The van der Waals surface area contributed by atoms with Crippen LogP contribution in [0.3, 0.4) is 0 Å². The Balaban J connectivity index is 1.74. The van der Waals surface area contributed by atoms with Gasteiger partial charge in [0.05, 0.1) is 6.20 Å². The summed E-state index contributed by atoms with van der Waals surface area (Å²) in [6.45, 7) is 1.70.